The molecule has 5 heteroatoms. The highest BCUT2D eigenvalue weighted by Crippen LogP contribution is 2.26. The van der Waals surface area contributed by atoms with Gasteiger partial charge in [-0.1, -0.05) is 28.1 Å². The summed E-state index contributed by atoms with van der Waals surface area (Å²) in [6, 6.07) is 7.87. The number of aliphatic carboxylic acids is 1. The topological polar surface area (TPSA) is 58.9 Å². The molecule has 0 saturated heterocycles. The third-order valence-corrected chi connectivity index (χ3v) is 2.99. The molecule has 0 saturated carbocycles. The van der Waals surface area contributed by atoms with Crippen LogP contribution in [-0.2, 0) is 9.53 Å². The third kappa shape index (κ3) is 3.30. The van der Waals surface area contributed by atoms with Crippen molar-refractivity contribution in [2.75, 3.05) is 6.61 Å². The molecule has 1 N–H and O–H groups in total. The number of benzene rings is 1. The molecule has 1 aliphatic heterocycles. The van der Waals surface area contributed by atoms with Crippen molar-refractivity contribution >= 4 is 27.8 Å². The van der Waals surface area contributed by atoms with E-state index in [0.29, 0.717) is 18.9 Å². The van der Waals surface area contributed by atoms with Crippen molar-refractivity contribution in [1.29, 1.82) is 0 Å². The Balaban J connectivity index is 2.03. The van der Waals surface area contributed by atoms with E-state index in [4.69, 9.17) is 9.84 Å². The molecule has 1 unspecified atom stereocenters. The Hall–Kier alpha value is -1.36. The second kappa shape index (κ2) is 5.31. The standard InChI is InChI=1S/C12H12BrNO3/c13-9-3-1-2-8(6-9)10-7-17-11(14-10)4-5-12(15)16/h1-3,6,10H,4-5,7H2,(H,15,16). The minimum atomic E-state index is -0.831. The van der Waals surface area contributed by atoms with Gasteiger partial charge in [-0.15, -0.1) is 0 Å². The number of carboxylic acid groups (broad SMARTS) is 1. The lowest BCUT2D eigenvalue weighted by atomic mass is 10.1. The Bertz CT molecular complexity index is 459. The molecule has 1 aromatic rings. The summed E-state index contributed by atoms with van der Waals surface area (Å²) in [7, 11) is 0. The monoisotopic (exact) mass is 297 g/mol. The summed E-state index contributed by atoms with van der Waals surface area (Å²) in [6.45, 7) is 0.491. The summed E-state index contributed by atoms with van der Waals surface area (Å²) in [4.78, 5) is 14.8. The largest absolute Gasteiger partial charge is 0.481 e. The van der Waals surface area contributed by atoms with Crippen molar-refractivity contribution in [3.63, 3.8) is 0 Å². The number of carbonyl (C=O) groups is 1. The lowest BCUT2D eigenvalue weighted by Gasteiger charge is -2.04. The predicted molar refractivity (Wildman–Crippen MR) is 67.1 cm³/mol. The van der Waals surface area contributed by atoms with Crippen LogP contribution in [-0.4, -0.2) is 23.6 Å². The van der Waals surface area contributed by atoms with E-state index in [1.54, 1.807) is 0 Å². The predicted octanol–water partition coefficient (Wildman–Crippen LogP) is 2.78. The first kappa shape index (κ1) is 12.1. The number of carboxylic acids is 1. The maximum absolute atomic E-state index is 10.4. The van der Waals surface area contributed by atoms with Crippen LogP contribution in [0.1, 0.15) is 24.4 Å². The quantitative estimate of drug-likeness (QED) is 0.930. The van der Waals surface area contributed by atoms with Crippen LogP contribution in [0.15, 0.2) is 33.7 Å². The molecular formula is C12H12BrNO3. The van der Waals surface area contributed by atoms with Gasteiger partial charge in [-0.2, -0.15) is 0 Å². The van der Waals surface area contributed by atoms with Gasteiger partial charge in [-0.05, 0) is 17.7 Å². The van der Waals surface area contributed by atoms with Crippen LogP contribution in [0, 0.1) is 0 Å². The molecule has 1 heterocycles. The fourth-order valence-electron chi connectivity index (χ4n) is 1.66. The normalized spacial score (nSPS) is 18.6. The van der Waals surface area contributed by atoms with Crippen LogP contribution in [0.2, 0.25) is 0 Å². The second-order valence-electron chi connectivity index (χ2n) is 3.80. The van der Waals surface area contributed by atoms with Gasteiger partial charge in [0.2, 0.25) is 0 Å². The number of ether oxygens (including phenoxy) is 1. The van der Waals surface area contributed by atoms with Gasteiger partial charge in [0.05, 0.1) is 6.42 Å². The maximum Gasteiger partial charge on any atom is 0.303 e. The van der Waals surface area contributed by atoms with Crippen molar-refractivity contribution in [3.8, 4) is 0 Å². The van der Waals surface area contributed by atoms with Crippen LogP contribution in [0.5, 0.6) is 0 Å². The zero-order chi connectivity index (χ0) is 12.3. The molecule has 0 aliphatic carbocycles. The van der Waals surface area contributed by atoms with E-state index in [2.05, 4.69) is 20.9 Å². The van der Waals surface area contributed by atoms with Crippen molar-refractivity contribution in [1.82, 2.24) is 0 Å². The minimum Gasteiger partial charge on any atom is -0.481 e. The minimum absolute atomic E-state index is 0.0173. The molecule has 90 valence electrons. The summed E-state index contributed by atoms with van der Waals surface area (Å²) in [5.41, 5.74) is 1.07. The summed E-state index contributed by atoms with van der Waals surface area (Å²) in [5, 5.41) is 8.58. The van der Waals surface area contributed by atoms with Crippen LogP contribution in [0.3, 0.4) is 0 Å². The molecule has 2 rings (SSSR count). The van der Waals surface area contributed by atoms with E-state index in [0.717, 1.165) is 10.0 Å². The Kier molecular flexibility index (Phi) is 3.78. The first-order chi connectivity index (χ1) is 8.15. The lowest BCUT2D eigenvalue weighted by Crippen LogP contribution is -2.03. The molecular weight excluding hydrogens is 286 g/mol. The Morgan fingerprint density at radius 2 is 2.41 bits per heavy atom. The summed E-state index contributed by atoms with van der Waals surface area (Å²) < 4.78 is 6.39. The van der Waals surface area contributed by atoms with Crippen LogP contribution >= 0.6 is 15.9 Å². The number of nitrogens with zero attached hydrogens (tertiary/aromatic N) is 1. The molecule has 17 heavy (non-hydrogen) atoms. The van der Waals surface area contributed by atoms with E-state index >= 15 is 0 Å². The molecule has 1 atom stereocenters. The zero-order valence-corrected chi connectivity index (χ0v) is 10.7. The summed E-state index contributed by atoms with van der Waals surface area (Å²) in [6.07, 6.45) is 0.421. The van der Waals surface area contributed by atoms with Crippen molar-refractivity contribution < 1.29 is 14.6 Å². The third-order valence-electron chi connectivity index (χ3n) is 2.49. The smallest absolute Gasteiger partial charge is 0.303 e. The lowest BCUT2D eigenvalue weighted by molar-refractivity contribution is -0.136. The molecule has 0 amide bonds. The number of rotatable bonds is 4. The fraction of sp³-hybridized carbons (Fsp3) is 0.333. The highest BCUT2D eigenvalue weighted by molar-refractivity contribution is 9.10. The van der Waals surface area contributed by atoms with E-state index in [1.165, 1.54) is 0 Å². The number of aliphatic imine (C=N–C) groups is 1. The zero-order valence-electron chi connectivity index (χ0n) is 9.10. The van der Waals surface area contributed by atoms with E-state index < -0.39 is 5.97 Å². The second-order valence-corrected chi connectivity index (χ2v) is 4.71. The summed E-state index contributed by atoms with van der Waals surface area (Å²) >= 11 is 3.41. The van der Waals surface area contributed by atoms with E-state index in [1.807, 2.05) is 24.3 Å². The Morgan fingerprint density at radius 1 is 1.59 bits per heavy atom. The molecule has 0 spiro atoms. The first-order valence-corrected chi connectivity index (χ1v) is 6.11. The van der Waals surface area contributed by atoms with Crippen molar-refractivity contribution in [3.05, 3.63) is 34.3 Å². The highest BCUT2D eigenvalue weighted by Gasteiger charge is 2.20. The molecule has 4 nitrogen and oxygen atoms in total. The molecule has 0 aromatic heterocycles. The van der Waals surface area contributed by atoms with E-state index in [9.17, 15) is 4.79 Å². The SMILES string of the molecule is O=C(O)CCC1=NC(c2cccc(Br)c2)CO1. The van der Waals surface area contributed by atoms with Crippen molar-refractivity contribution in [2.45, 2.75) is 18.9 Å². The molecule has 0 fully saturated rings. The average Bonchev–Trinajstić information content (AvgIpc) is 2.75. The number of halogens is 1. The number of hydrogen-bond acceptors (Lipinski definition) is 3. The fourth-order valence-corrected chi connectivity index (χ4v) is 2.08. The van der Waals surface area contributed by atoms with Gasteiger partial charge < -0.3 is 9.84 Å². The van der Waals surface area contributed by atoms with Gasteiger partial charge in [0.15, 0.2) is 5.90 Å². The van der Waals surface area contributed by atoms with Crippen molar-refractivity contribution in [2.24, 2.45) is 4.99 Å². The van der Waals surface area contributed by atoms with Gasteiger partial charge in [-0.3, -0.25) is 4.79 Å². The number of hydrogen-bond donors (Lipinski definition) is 1. The Morgan fingerprint density at radius 3 is 3.12 bits per heavy atom. The van der Waals surface area contributed by atoms with Gasteiger partial charge >= 0.3 is 5.97 Å². The molecule has 1 aromatic carbocycles. The van der Waals surface area contributed by atoms with Gasteiger partial charge in [0.1, 0.15) is 12.6 Å². The van der Waals surface area contributed by atoms with Gasteiger partial charge in [-0.25, -0.2) is 4.99 Å². The van der Waals surface area contributed by atoms with Gasteiger partial charge in [0, 0.05) is 10.9 Å². The molecule has 0 bridgehead atoms. The first-order valence-electron chi connectivity index (χ1n) is 5.32. The summed E-state index contributed by atoms with van der Waals surface area (Å²) in [5.74, 6) is -0.292. The van der Waals surface area contributed by atoms with Crippen LogP contribution < -0.4 is 0 Å². The molecule has 0 radical (unpaired) electrons. The van der Waals surface area contributed by atoms with Crippen LogP contribution in [0.4, 0.5) is 0 Å². The maximum atomic E-state index is 10.4. The van der Waals surface area contributed by atoms with Gasteiger partial charge in [0.25, 0.3) is 0 Å². The average molecular weight is 298 g/mol. The van der Waals surface area contributed by atoms with E-state index in [-0.39, 0.29) is 12.5 Å². The van der Waals surface area contributed by atoms with Crippen LogP contribution in [0.25, 0.3) is 0 Å². The Labute approximate surface area is 107 Å². The molecule has 1 aliphatic rings. The highest BCUT2D eigenvalue weighted by atomic mass is 79.9.